The van der Waals surface area contributed by atoms with Crippen molar-refractivity contribution in [3.8, 4) is 0 Å². The normalized spacial score (nSPS) is 12.9. The van der Waals surface area contributed by atoms with Crippen LogP contribution in [0.25, 0.3) is 5.65 Å². The Kier molecular flexibility index (Phi) is 3.78. The van der Waals surface area contributed by atoms with Crippen molar-refractivity contribution in [2.45, 2.75) is 19.9 Å². The second-order valence-corrected chi connectivity index (χ2v) is 5.16. The number of anilines is 1. The quantitative estimate of drug-likeness (QED) is 0.794. The average molecular weight is 252 g/mol. The van der Waals surface area contributed by atoms with Gasteiger partial charge in [-0.2, -0.15) is 11.8 Å². The molecule has 0 aliphatic heterocycles. The number of rotatable bonds is 5. The lowest BCUT2D eigenvalue weighted by molar-refractivity contribution is 0.695. The molecule has 0 radical (unpaired) electrons. The molecule has 0 N–H and O–H groups in total. The minimum atomic E-state index is 0.432. The van der Waals surface area contributed by atoms with Crippen LogP contribution >= 0.6 is 11.8 Å². The zero-order valence-corrected chi connectivity index (χ0v) is 11.1. The molecule has 0 fully saturated rings. The van der Waals surface area contributed by atoms with Crippen LogP contribution in [0, 0.1) is 0 Å². The van der Waals surface area contributed by atoms with Gasteiger partial charge in [0.15, 0.2) is 11.5 Å². The molecule has 2 aromatic heterocycles. The van der Waals surface area contributed by atoms with Crippen LogP contribution in [-0.2, 0) is 0 Å². The first-order valence-electron chi connectivity index (χ1n) is 5.58. The number of nitrogens with zero attached hydrogens (tertiary/aromatic N) is 6. The summed E-state index contributed by atoms with van der Waals surface area (Å²) in [6.45, 7) is 4.36. The maximum Gasteiger partial charge on any atom is 0.200 e. The van der Waals surface area contributed by atoms with Gasteiger partial charge in [-0.1, -0.05) is 6.92 Å². The van der Waals surface area contributed by atoms with E-state index in [2.05, 4.69) is 39.4 Å². The molecule has 0 aliphatic rings. The van der Waals surface area contributed by atoms with Crippen molar-refractivity contribution in [2.24, 2.45) is 0 Å². The molecule has 0 amide bonds. The first-order chi connectivity index (χ1) is 8.22. The van der Waals surface area contributed by atoms with Crippen LogP contribution in [0.5, 0.6) is 0 Å². The molecule has 1 atom stereocenters. The lowest BCUT2D eigenvalue weighted by Crippen LogP contribution is -2.32. The van der Waals surface area contributed by atoms with E-state index in [9.17, 15) is 0 Å². The molecule has 6 nitrogen and oxygen atoms in total. The third-order valence-electron chi connectivity index (χ3n) is 2.64. The lowest BCUT2D eigenvalue weighted by Gasteiger charge is -2.25. The van der Waals surface area contributed by atoms with Crippen LogP contribution in [0.1, 0.15) is 13.8 Å². The van der Waals surface area contributed by atoms with Crippen molar-refractivity contribution >= 4 is 23.2 Å². The van der Waals surface area contributed by atoms with E-state index in [4.69, 9.17) is 0 Å². The zero-order valence-electron chi connectivity index (χ0n) is 10.2. The number of hydrogen-bond acceptors (Lipinski definition) is 6. The van der Waals surface area contributed by atoms with Gasteiger partial charge < -0.3 is 4.90 Å². The molecule has 0 saturated heterocycles. The van der Waals surface area contributed by atoms with Gasteiger partial charge in [0, 0.05) is 18.8 Å². The summed E-state index contributed by atoms with van der Waals surface area (Å²) >= 11 is 1.93. The predicted molar refractivity (Wildman–Crippen MR) is 69.4 cm³/mol. The standard InChI is InChI=1S/C10H16N6S/c1-4-17-7-8(2)15(3)10-6-5-9-11-13-14-16(9)12-10/h5-6,8H,4,7H2,1-3H3. The third-order valence-corrected chi connectivity index (χ3v) is 3.77. The highest BCUT2D eigenvalue weighted by Gasteiger charge is 2.12. The van der Waals surface area contributed by atoms with E-state index in [0.717, 1.165) is 17.3 Å². The van der Waals surface area contributed by atoms with Crippen molar-refractivity contribution in [3.63, 3.8) is 0 Å². The van der Waals surface area contributed by atoms with Gasteiger partial charge in [0.1, 0.15) is 0 Å². The van der Waals surface area contributed by atoms with Gasteiger partial charge in [0.05, 0.1) is 0 Å². The Bertz CT molecular complexity index is 484. The van der Waals surface area contributed by atoms with Crippen molar-refractivity contribution in [1.82, 2.24) is 25.3 Å². The maximum absolute atomic E-state index is 4.36. The molecule has 2 heterocycles. The second-order valence-electron chi connectivity index (χ2n) is 3.84. The van der Waals surface area contributed by atoms with Crippen LogP contribution in [0.4, 0.5) is 5.82 Å². The summed E-state index contributed by atoms with van der Waals surface area (Å²) in [6.07, 6.45) is 0. The van der Waals surface area contributed by atoms with Crippen LogP contribution in [0.2, 0.25) is 0 Å². The Morgan fingerprint density at radius 2 is 2.29 bits per heavy atom. The Morgan fingerprint density at radius 3 is 3.06 bits per heavy atom. The van der Waals surface area contributed by atoms with E-state index < -0.39 is 0 Å². The van der Waals surface area contributed by atoms with Crippen molar-refractivity contribution in [2.75, 3.05) is 23.5 Å². The third kappa shape index (κ3) is 2.66. The fourth-order valence-electron chi connectivity index (χ4n) is 1.45. The van der Waals surface area contributed by atoms with Gasteiger partial charge in [-0.15, -0.1) is 14.8 Å². The maximum atomic E-state index is 4.36. The molecule has 1 unspecified atom stereocenters. The van der Waals surface area contributed by atoms with E-state index in [-0.39, 0.29) is 0 Å². The molecule has 0 spiro atoms. The van der Waals surface area contributed by atoms with Gasteiger partial charge in [-0.3, -0.25) is 0 Å². The summed E-state index contributed by atoms with van der Waals surface area (Å²) < 4.78 is 1.45. The minimum absolute atomic E-state index is 0.432. The number of hydrogen-bond donors (Lipinski definition) is 0. The summed E-state index contributed by atoms with van der Waals surface area (Å²) in [5.41, 5.74) is 0.665. The SMILES string of the molecule is CCSCC(C)N(C)c1ccc2nnnn2n1. The first kappa shape index (κ1) is 12.1. The average Bonchev–Trinajstić information content (AvgIpc) is 2.81. The topological polar surface area (TPSA) is 59.2 Å². The van der Waals surface area contributed by atoms with E-state index in [1.807, 2.05) is 30.9 Å². The van der Waals surface area contributed by atoms with E-state index in [0.29, 0.717) is 11.7 Å². The molecule has 0 bridgehead atoms. The number of thioether (sulfide) groups is 1. The van der Waals surface area contributed by atoms with Crippen molar-refractivity contribution in [1.29, 1.82) is 0 Å². The molecule has 0 saturated carbocycles. The highest BCUT2D eigenvalue weighted by molar-refractivity contribution is 7.99. The zero-order chi connectivity index (χ0) is 12.3. The largest absolute Gasteiger partial charge is 0.355 e. The molecular weight excluding hydrogens is 236 g/mol. The lowest BCUT2D eigenvalue weighted by atomic mass is 10.3. The van der Waals surface area contributed by atoms with E-state index in [1.165, 1.54) is 4.63 Å². The van der Waals surface area contributed by atoms with Crippen LogP contribution in [0.15, 0.2) is 12.1 Å². The Labute approximate surface area is 104 Å². The molecule has 92 valence electrons. The number of aromatic nitrogens is 5. The molecule has 2 aromatic rings. The smallest absolute Gasteiger partial charge is 0.200 e. The molecule has 0 aromatic carbocycles. The van der Waals surface area contributed by atoms with Crippen molar-refractivity contribution in [3.05, 3.63) is 12.1 Å². The van der Waals surface area contributed by atoms with Gasteiger partial charge in [0.25, 0.3) is 0 Å². The summed E-state index contributed by atoms with van der Waals surface area (Å²) in [5, 5.41) is 15.6. The highest BCUT2D eigenvalue weighted by Crippen LogP contribution is 2.14. The summed E-state index contributed by atoms with van der Waals surface area (Å²) in [4.78, 5) is 2.14. The Hall–Kier alpha value is -1.37. The van der Waals surface area contributed by atoms with Gasteiger partial charge >= 0.3 is 0 Å². The van der Waals surface area contributed by atoms with Gasteiger partial charge in [-0.05, 0) is 35.2 Å². The monoisotopic (exact) mass is 252 g/mol. The van der Waals surface area contributed by atoms with Crippen LogP contribution < -0.4 is 4.90 Å². The molecule has 7 heteroatoms. The van der Waals surface area contributed by atoms with Gasteiger partial charge in [0.2, 0.25) is 0 Å². The second kappa shape index (κ2) is 5.31. The predicted octanol–water partition coefficient (Wildman–Crippen LogP) is 1.10. The number of tetrazole rings is 1. The van der Waals surface area contributed by atoms with Crippen LogP contribution in [-0.4, -0.2) is 49.8 Å². The van der Waals surface area contributed by atoms with Crippen molar-refractivity contribution < 1.29 is 0 Å². The minimum Gasteiger partial charge on any atom is -0.355 e. The Morgan fingerprint density at radius 1 is 1.47 bits per heavy atom. The number of fused-ring (bicyclic) bond motifs is 1. The molecule has 2 rings (SSSR count). The summed E-state index contributed by atoms with van der Waals surface area (Å²) in [6, 6.07) is 4.25. The van der Waals surface area contributed by atoms with Crippen LogP contribution in [0.3, 0.4) is 0 Å². The first-order valence-corrected chi connectivity index (χ1v) is 6.74. The van der Waals surface area contributed by atoms with E-state index in [1.54, 1.807) is 0 Å². The summed E-state index contributed by atoms with van der Waals surface area (Å²) in [5.74, 6) is 3.11. The summed E-state index contributed by atoms with van der Waals surface area (Å²) in [7, 11) is 2.04. The van der Waals surface area contributed by atoms with Gasteiger partial charge in [-0.25, -0.2) is 0 Å². The van der Waals surface area contributed by atoms with E-state index >= 15 is 0 Å². The fourth-order valence-corrected chi connectivity index (χ4v) is 2.25. The fraction of sp³-hybridized carbons (Fsp3) is 0.600. The molecule has 0 aliphatic carbocycles. The Balaban J connectivity index is 2.14. The highest BCUT2D eigenvalue weighted by atomic mass is 32.2. The molecular formula is C10H16N6S. The molecule has 17 heavy (non-hydrogen) atoms.